The molecule has 30 heavy (non-hydrogen) atoms. The lowest BCUT2D eigenvalue weighted by Crippen LogP contribution is -2.59. The molecule has 0 aliphatic carbocycles. The average molecular weight is 453 g/mol. The van der Waals surface area contributed by atoms with Crippen molar-refractivity contribution in [3.05, 3.63) is 29.8 Å². The second-order valence-electron chi connectivity index (χ2n) is 10.5. The van der Waals surface area contributed by atoms with Gasteiger partial charge < -0.3 is 13.6 Å². The molecule has 6 heteroatoms. The van der Waals surface area contributed by atoms with E-state index < -0.39 is 22.2 Å². The van der Waals surface area contributed by atoms with Gasteiger partial charge >= 0.3 is 0 Å². The second-order valence-corrected chi connectivity index (χ2v) is 20.3. The summed E-state index contributed by atoms with van der Waals surface area (Å²) < 4.78 is 18.9. The van der Waals surface area contributed by atoms with Crippen molar-refractivity contribution in [3.63, 3.8) is 0 Å². The molecule has 1 aromatic rings. The van der Waals surface area contributed by atoms with E-state index in [-0.39, 0.29) is 11.9 Å². The summed E-state index contributed by atoms with van der Waals surface area (Å²) in [4.78, 5) is 13.8. The molecule has 0 unspecified atom stereocenters. The molecule has 0 N–H and O–H groups in total. The number of methoxy groups -OCH3 is 1. The second kappa shape index (κ2) is 10.1. The van der Waals surface area contributed by atoms with Crippen LogP contribution in [-0.4, -0.2) is 41.2 Å². The first-order chi connectivity index (χ1) is 13.6. The van der Waals surface area contributed by atoms with Crippen molar-refractivity contribution in [2.45, 2.75) is 103 Å². The Kier molecular flexibility index (Phi) is 9.12. The van der Waals surface area contributed by atoms with E-state index in [1.54, 1.807) is 7.11 Å². The number of carbonyl (C=O) groups excluding carboxylic acids is 1. The van der Waals surface area contributed by atoms with Gasteiger partial charge in [-0.2, -0.15) is 0 Å². The minimum Gasteiger partial charge on any atom is -0.497 e. The van der Waals surface area contributed by atoms with Gasteiger partial charge in [-0.25, -0.2) is 0 Å². The van der Waals surface area contributed by atoms with Crippen LogP contribution in [0.15, 0.2) is 24.3 Å². The molecule has 0 aromatic heterocycles. The van der Waals surface area contributed by atoms with Crippen molar-refractivity contribution in [2.24, 2.45) is 0 Å². The first-order valence-corrected chi connectivity index (χ1v) is 16.7. The molecule has 0 radical (unpaired) electrons. The normalized spacial score (nSPS) is 16.1. The highest BCUT2D eigenvalue weighted by molar-refractivity contribution is 6.77. The Bertz CT molecular complexity index is 670. The summed E-state index contributed by atoms with van der Waals surface area (Å²) in [5.74, 6) is 0.703. The fraction of sp³-hybridized carbons (Fsp3) is 0.708. The summed E-state index contributed by atoms with van der Waals surface area (Å²) in [6, 6.07) is 7.28. The van der Waals surface area contributed by atoms with Gasteiger partial charge in [-0.15, -0.1) is 0 Å². The number of rotatable bonds is 11. The number of ether oxygens (including phenoxy) is 1. The lowest BCUT2D eigenvalue weighted by Gasteiger charge is -2.48. The van der Waals surface area contributed by atoms with Crippen LogP contribution in [0.4, 0.5) is 0 Å². The molecular weight excluding hydrogens is 408 g/mol. The first-order valence-electron chi connectivity index (χ1n) is 11.2. The van der Waals surface area contributed by atoms with Crippen LogP contribution in [0.25, 0.3) is 0 Å². The Morgan fingerprint density at radius 1 is 0.867 bits per heavy atom. The van der Waals surface area contributed by atoms with Crippen LogP contribution < -0.4 is 4.74 Å². The highest BCUT2D eigenvalue weighted by Gasteiger charge is 2.51. The maximum absolute atomic E-state index is 13.8. The fourth-order valence-corrected chi connectivity index (χ4v) is 12.0. The fourth-order valence-electron chi connectivity index (χ4n) is 4.81. The van der Waals surface area contributed by atoms with Crippen LogP contribution >= 0.6 is 0 Å². The SMILES string of the molecule is COc1ccc(C(=O)[C@@](C)(O[Si](C)(C)C)[C@H](C)O[Si](C(C)C)(C(C)C)C(C)C)cc1. The molecule has 0 fully saturated rings. The summed E-state index contributed by atoms with van der Waals surface area (Å²) in [6.45, 7) is 23.9. The molecule has 0 spiro atoms. The highest BCUT2D eigenvalue weighted by atomic mass is 28.4. The molecule has 0 amide bonds. The molecule has 1 rings (SSSR count). The lowest BCUT2D eigenvalue weighted by molar-refractivity contribution is -0.0157. The number of Topliss-reactive ketones (excluding diaryl/α,β-unsaturated/α-hetero) is 1. The van der Waals surface area contributed by atoms with E-state index in [9.17, 15) is 4.79 Å². The topological polar surface area (TPSA) is 44.8 Å². The van der Waals surface area contributed by atoms with Gasteiger partial charge in [0.25, 0.3) is 0 Å². The summed E-state index contributed by atoms with van der Waals surface area (Å²) >= 11 is 0. The molecule has 0 saturated heterocycles. The largest absolute Gasteiger partial charge is 0.497 e. The summed E-state index contributed by atoms with van der Waals surface area (Å²) in [7, 11) is -2.59. The maximum atomic E-state index is 13.8. The van der Waals surface area contributed by atoms with E-state index in [0.717, 1.165) is 5.75 Å². The van der Waals surface area contributed by atoms with Gasteiger partial charge in [0.05, 0.1) is 13.2 Å². The number of carbonyl (C=O) groups is 1. The van der Waals surface area contributed by atoms with Crippen molar-refractivity contribution >= 4 is 22.4 Å². The smallest absolute Gasteiger partial charge is 0.200 e. The molecular formula is C24H44O4Si2. The zero-order chi connectivity index (χ0) is 23.5. The molecule has 0 heterocycles. The van der Waals surface area contributed by atoms with E-state index in [1.807, 2.05) is 38.1 Å². The van der Waals surface area contributed by atoms with Gasteiger partial charge in [0.2, 0.25) is 8.32 Å². The van der Waals surface area contributed by atoms with Crippen LogP contribution in [0, 0.1) is 0 Å². The van der Waals surface area contributed by atoms with E-state index in [0.29, 0.717) is 22.2 Å². The lowest BCUT2D eigenvalue weighted by atomic mass is 9.90. The zero-order valence-electron chi connectivity index (χ0n) is 21.3. The van der Waals surface area contributed by atoms with Crippen molar-refractivity contribution in [1.29, 1.82) is 0 Å². The Morgan fingerprint density at radius 3 is 1.63 bits per heavy atom. The van der Waals surface area contributed by atoms with Crippen LogP contribution in [0.3, 0.4) is 0 Å². The van der Waals surface area contributed by atoms with Gasteiger partial charge in [-0.3, -0.25) is 4.79 Å². The zero-order valence-corrected chi connectivity index (χ0v) is 23.3. The third-order valence-corrected chi connectivity index (χ3v) is 13.4. The molecule has 172 valence electrons. The Balaban J connectivity index is 3.45. The third-order valence-electron chi connectivity index (χ3n) is 6.19. The summed E-state index contributed by atoms with van der Waals surface area (Å²) in [5, 5.41) is 0. The van der Waals surface area contributed by atoms with Crippen LogP contribution in [-0.2, 0) is 8.85 Å². The average Bonchev–Trinajstić information content (AvgIpc) is 2.62. The number of ketones is 1. The quantitative estimate of drug-likeness (QED) is 0.266. The standard InChI is InChI=1S/C24H44O4Si2/c1-17(2)30(18(3)4,19(5)6)27-20(7)24(8,28-29(10,11)12)23(25)21-13-15-22(26-9)16-14-21/h13-20H,1-12H3/t20-,24-/m0/s1. The van der Waals surface area contributed by atoms with Gasteiger partial charge in [-0.1, -0.05) is 41.5 Å². The predicted molar refractivity (Wildman–Crippen MR) is 132 cm³/mol. The van der Waals surface area contributed by atoms with Gasteiger partial charge in [0, 0.05) is 5.56 Å². The van der Waals surface area contributed by atoms with Gasteiger partial charge in [0.15, 0.2) is 14.1 Å². The molecule has 0 aliphatic heterocycles. The molecule has 0 aliphatic rings. The molecule has 0 bridgehead atoms. The van der Waals surface area contributed by atoms with E-state index in [2.05, 4.69) is 61.2 Å². The molecule has 4 nitrogen and oxygen atoms in total. The van der Waals surface area contributed by atoms with Crippen molar-refractivity contribution < 1.29 is 18.4 Å². The van der Waals surface area contributed by atoms with E-state index in [1.165, 1.54) is 0 Å². The number of hydrogen-bond acceptors (Lipinski definition) is 4. The van der Waals surface area contributed by atoms with Crippen LogP contribution in [0.5, 0.6) is 5.75 Å². The molecule has 0 saturated carbocycles. The van der Waals surface area contributed by atoms with E-state index >= 15 is 0 Å². The number of benzene rings is 1. The Hall–Kier alpha value is -0.956. The molecule has 2 atom stereocenters. The predicted octanol–water partition coefficient (Wildman–Crippen LogP) is 7.07. The minimum absolute atomic E-state index is 0.0285. The summed E-state index contributed by atoms with van der Waals surface area (Å²) in [6.07, 6.45) is -0.349. The molecule has 1 aromatic carbocycles. The Labute approximate surface area is 187 Å². The van der Waals surface area contributed by atoms with Crippen LogP contribution in [0.1, 0.15) is 65.7 Å². The van der Waals surface area contributed by atoms with E-state index in [4.69, 9.17) is 13.6 Å². The van der Waals surface area contributed by atoms with Crippen molar-refractivity contribution in [2.75, 3.05) is 7.11 Å². The monoisotopic (exact) mass is 452 g/mol. The third kappa shape index (κ3) is 5.84. The van der Waals surface area contributed by atoms with Gasteiger partial charge in [-0.05, 0) is 74.4 Å². The highest BCUT2D eigenvalue weighted by Crippen LogP contribution is 2.45. The minimum atomic E-state index is -2.17. The van der Waals surface area contributed by atoms with Crippen LogP contribution in [0.2, 0.25) is 36.3 Å². The van der Waals surface area contributed by atoms with Crippen molar-refractivity contribution in [3.8, 4) is 5.75 Å². The van der Waals surface area contributed by atoms with Crippen molar-refractivity contribution in [1.82, 2.24) is 0 Å². The first kappa shape index (κ1) is 27.1. The van der Waals surface area contributed by atoms with Gasteiger partial charge in [0.1, 0.15) is 11.4 Å². The number of hydrogen-bond donors (Lipinski definition) is 0. The Morgan fingerprint density at radius 2 is 1.30 bits per heavy atom. The maximum Gasteiger partial charge on any atom is 0.200 e. The summed E-state index contributed by atoms with van der Waals surface area (Å²) in [5.41, 5.74) is 0.889.